The van der Waals surface area contributed by atoms with Crippen molar-refractivity contribution in [1.29, 1.82) is 0 Å². The van der Waals surface area contributed by atoms with E-state index in [-0.39, 0.29) is 5.41 Å². The predicted molar refractivity (Wildman–Crippen MR) is 77.0 cm³/mol. The summed E-state index contributed by atoms with van der Waals surface area (Å²) >= 11 is 0. The van der Waals surface area contributed by atoms with E-state index in [0.717, 1.165) is 11.3 Å². The first-order chi connectivity index (χ1) is 8.86. The quantitative estimate of drug-likeness (QED) is 0.919. The van der Waals surface area contributed by atoms with Gasteiger partial charge in [-0.3, -0.25) is 4.68 Å². The topological polar surface area (TPSA) is 38.0 Å². The lowest BCUT2D eigenvalue weighted by atomic mass is 9.86. The third kappa shape index (κ3) is 3.44. The Bertz CT molecular complexity index is 535. The van der Waals surface area contributed by atoms with Crippen molar-refractivity contribution in [2.75, 3.05) is 0 Å². The van der Waals surface area contributed by atoms with Crippen molar-refractivity contribution < 1.29 is 5.11 Å². The zero-order chi connectivity index (χ0) is 14.0. The number of aliphatic hydroxyl groups excluding tert-OH is 1. The Kier molecular flexibility index (Phi) is 3.76. The normalized spacial score (nSPS) is 13.5. The van der Waals surface area contributed by atoms with E-state index in [0.29, 0.717) is 6.42 Å². The van der Waals surface area contributed by atoms with Crippen molar-refractivity contribution >= 4 is 0 Å². The second-order valence-corrected chi connectivity index (χ2v) is 6.07. The second kappa shape index (κ2) is 5.17. The van der Waals surface area contributed by atoms with Gasteiger partial charge in [0, 0.05) is 19.7 Å². The summed E-state index contributed by atoms with van der Waals surface area (Å²) in [5, 5.41) is 14.5. The average Bonchev–Trinajstić information content (AvgIpc) is 2.74. The summed E-state index contributed by atoms with van der Waals surface area (Å²) in [4.78, 5) is 0. The summed E-state index contributed by atoms with van der Waals surface area (Å²) in [6, 6.07) is 10.1. The lowest BCUT2D eigenvalue weighted by Crippen LogP contribution is -2.11. The molecule has 0 bridgehead atoms. The highest BCUT2D eigenvalue weighted by Crippen LogP contribution is 2.24. The summed E-state index contributed by atoms with van der Waals surface area (Å²) in [5.41, 5.74) is 3.28. The van der Waals surface area contributed by atoms with E-state index < -0.39 is 6.10 Å². The van der Waals surface area contributed by atoms with Gasteiger partial charge in [-0.05, 0) is 22.6 Å². The van der Waals surface area contributed by atoms with Crippen molar-refractivity contribution in [2.24, 2.45) is 7.05 Å². The maximum atomic E-state index is 10.2. The van der Waals surface area contributed by atoms with Crippen LogP contribution in [0.1, 0.15) is 43.7 Å². The van der Waals surface area contributed by atoms with Crippen LogP contribution in [0.5, 0.6) is 0 Å². The Balaban J connectivity index is 2.09. The van der Waals surface area contributed by atoms with Crippen LogP contribution < -0.4 is 0 Å². The van der Waals surface area contributed by atoms with Gasteiger partial charge in [0.25, 0.3) is 0 Å². The summed E-state index contributed by atoms with van der Waals surface area (Å²) < 4.78 is 1.75. The lowest BCUT2D eigenvalue weighted by molar-refractivity contribution is 0.177. The Morgan fingerprint density at radius 3 is 2.26 bits per heavy atom. The number of hydrogen-bond donors (Lipinski definition) is 1. The van der Waals surface area contributed by atoms with Crippen LogP contribution in [-0.4, -0.2) is 14.9 Å². The van der Waals surface area contributed by atoms with E-state index in [1.165, 1.54) is 5.56 Å². The molecule has 0 amide bonds. The summed E-state index contributed by atoms with van der Waals surface area (Å²) in [7, 11) is 1.88. The van der Waals surface area contributed by atoms with E-state index in [4.69, 9.17) is 0 Å². The van der Waals surface area contributed by atoms with Crippen LogP contribution in [0.2, 0.25) is 0 Å². The van der Waals surface area contributed by atoms with Gasteiger partial charge in [0.05, 0.1) is 11.8 Å². The van der Waals surface area contributed by atoms with Gasteiger partial charge in [-0.15, -0.1) is 0 Å². The summed E-state index contributed by atoms with van der Waals surface area (Å²) in [5.74, 6) is 0. The molecule has 1 heterocycles. The maximum absolute atomic E-state index is 10.2. The molecule has 0 aliphatic rings. The predicted octanol–water partition coefficient (Wildman–Crippen LogP) is 2.99. The fourth-order valence-corrected chi connectivity index (χ4v) is 2.09. The molecule has 2 rings (SSSR count). The van der Waals surface area contributed by atoms with E-state index in [1.54, 1.807) is 4.68 Å². The molecular formula is C16H22N2O. The average molecular weight is 258 g/mol. The van der Waals surface area contributed by atoms with E-state index >= 15 is 0 Å². The largest absolute Gasteiger partial charge is 0.388 e. The van der Waals surface area contributed by atoms with Crippen molar-refractivity contribution in [1.82, 2.24) is 9.78 Å². The molecule has 1 aromatic heterocycles. The van der Waals surface area contributed by atoms with E-state index in [1.807, 2.05) is 31.4 Å². The number of hydrogen-bond acceptors (Lipinski definition) is 2. The Hall–Kier alpha value is -1.61. The SMILES string of the molecule is Cn1ccc(CC(O)c2ccc(C(C)(C)C)cc2)n1. The number of aromatic nitrogens is 2. The van der Waals surface area contributed by atoms with Gasteiger partial charge in [-0.25, -0.2) is 0 Å². The molecule has 0 aliphatic heterocycles. The van der Waals surface area contributed by atoms with Crippen LogP contribution >= 0.6 is 0 Å². The number of benzene rings is 1. The van der Waals surface area contributed by atoms with Crippen molar-refractivity contribution in [3.05, 3.63) is 53.3 Å². The highest BCUT2D eigenvalue weighted by Gasteiger charge is 2.15. The van der Waals surface area contributed by atoms with Crippen molar-refractivity contribution in [3.63, 3.8) is 0 Å². The minimum atomic E-state index is -0.496. The van der Waals surface area contributed by atoms with Crippen LogP contribution in [0.3, 0.4) is 0 Å². The van der Waals surface area contributed by atoms with Crippen LogP contribution in [0.25, 0.3) is 0 Å². The Morgan fingerprint density at radius 1 is 1.16 bits per heavy atom. The molecule has 1 unspecified atom stereocenters. The van der Waals surface area contributed by atoms with Crippen LogP contribution in [0, 0.1) is 0 Å². The number of aliphatic hydroxyl groups is 1. The van der Waals surface area contributed by atoms with Gasteiger partial charge < -0.3 is 5.11 Å². The number of aryl methyl sites for hydroxylation is 1. The van der Waals surface area contributed by atoms with E-state index in [2.05, 4.69) is 38.0 Å². The zero-order valence-electron chi connectivity index (χ0n) is 12.1. The fraction of sp³-hybridized carbons (Fsp3) is 0.438. The monoisotopic (exact) mass is 258 g/mol. The van der Waals surface area contributed by atoms with Gasteiger partial charge in [0.2, 0.25) is 0 Å². The molecule has 1 N–H and O–H groups in total. The Labute approximate surface area is 114 Å². The first-order valence-electron chi connectivity index (χ1n) is 6.63. The molecule has 0 saturated carbocycles. The minimum absolute atomic E-state index is 0.143. The molecule has 102 valence electrons. The number of nitrogens with zero attached hydrogens (tertiary/aromatic N) is 2. The molecule has 19 heavy (non-hydrogen) atoms. The molecule has 3 nitrogen and oxygen atoms in total. The first kappa shape index (κ1) is 13.8. The third-order valence-electron chi connectivity index (χ3n) is 3.33. The smallest absolute Gasteiger partial charge is 0.0846 e. The van der Waals surface area contributed by atoms with Crippen LogP contribution in [0.4, 0.5) is 0 Å². The van der Waals surface area contributed by atoms with Gasteiger partial charge in [0.15, 0.2) is 0 Å². The standard InChI is InChI=1S/C16H22N2O/c1-16(2,3)13-7-5-12(6-8-13)15(19)11-14-9-10-18(4)17-14/h5-10,15,19H,11H2,1-4H3. The first-order valence-corrected chi connectivity index (χ1v) is 6.63. The highest BCUT2D eigenvalue weighted by atomic mass is 16.3. The fourth-order valence-electron chi connectivity index (χ4n) is 2.09. The molecule has 0 spiro atoms. The van der Waals surface area contributed by atoms with Crippen LogP contribution in [0.15, 0.2) is 36.5 Å². The Morgan fingerprint density at radius 2 is 1.79 bits per heavy atom. The third-order valence-corrected chi connectivity index (χ3v) is 3.33. The van der Waals surface area contributed by atoms with Crippen LogP contribution in [-0.2, 0) is 18.9 Å². The number of rotatable bonds is 3. The molecule has 1 atom stereocenters. The minimum Gasteiger partial charge on any atom is -0.388 e. The molecule has 0 saturated heterocycles. The summed E-state index contributed by atoms with van der Waals surface area (Å²) in [6.45, 7) is 6.56. The molecule has 1 aromatic carbocycles. The summed E-state index contributed by atoms with van der Waals surface area (Å²) in [6.07, 6.45) is 1.95. The second-order valence-electron chi connectivity index (χ2n) is 6.07. The van der Waals surface area contributed by atoms with Gasteiger partial charge >= 0.3 is 0 Å². The molecule has 2 aromatic rings. The van der Waals surface area contributed by atoms with Gasteiger partial charge in [-0.1, -0.05) is 45.0 Å². The molecule has 0 aliphatic carbocycles. The van der Waals surface area contributed by atoms with Gasteiger partial charge in [-0.2, -0.15) is 5.10 Å². The molecule has 3 heteroatoms. The molecule has 0 radical (unpaired) electrons. The molecular weight excluding hydrogens is 236 g/mol. The van der Waals surface area contributed by atoms with Crippen molar-refractivity contribution in [3.8, 4) is 0 Å². The highest BCUT2D eigenvalue weighted by molar-refractivity contribution is 5.29. The zero-order valence-corrected chi connectivity index (χ0v) is 12.1. The lowest BCUT2D eigenvalue weighted by Gasteiger charge is -2.20. The molecule has 0 fully saturated rings. The van der Waals surface area contributed by atoms with Crippen molar-refractivity contribution in [2.45, 2.75) is 38.7 Å². The maximum Gasteiger partial charge on any atom is 0.0846 e. The van der Waals surface area contributed by atoms with Gasteiger partial charge in [0.1, 0.15) is 0 Å². The van der Waals surface area contributed by atoms with E-state index in [9.17, 15) is 5.11 Å².